The van der Waals surface area contributed by atoms with E-state index in [-0.39, 0.29) is 5.91 Å². The average Bonchev–Trinajstić information content (AvgIpc) is 3.17. The Bertz CT molecular complexity index is 1030. The maximum atomic E-state index is 13.5. The summed E-state index contributed by atoms with van der Waals surface area (Å²) in [5.74, 6) is 0.479. The second-order valence-electron chi connectivity index (χ2n) is 8.75. The Morgan fingerprint density at radius 2 is 2.16 bits per heavy atom. The molecule has 4 rings (SSSR count). The number of benzene rings is 1. The molecule has 0 saturated carbocycles. The predicted molar refractivity (Wildman–Crippen MR) is 126 cm³/mol. The molecule has 1 saturated heterocycles. The van der Waals surface area contributed by atoms with E-state index < -0.39 is 6.10 Å². The van der Waals surface area contributed by atoms with Crippen molar-refractivity contribution in [3.05, 3.63) is 64.0 Å². The van der Waals surface area contributed by atoms with Crippen molar-refractivity contribution < 1.29 is 9.53 Å². The molecular formula is C25H31N3O2S. The van der Waals surface area contributed by atoms with Crippen molar-refractivity contribution in [1.29, 1.82) is 0 Å². The van der Waals surface area contributed by atoms with Crippen LogP contribution in [0, 0.1) is 12.8 Å². The van der Waals surface area contributed by atoms with Crippen LogP contribution in [0.1, 0.15) is 29.2 Å². The molecule has 1 aliphatic heterocycles. The molecule has 1 atom stereocenters. The second kappa shape index (κ2) is 9.90. The molecule has 0 radical (unpaired) electrons. The number of carbonyl (C=O) groups is 1. The molecule has 1 unspecified atom stereocenters. The number of thiophene rings is 1. The lowest BCUT2D eigenvalue weighted by Gasteiger charge is -2.35. The molecule has 1 aromatic carbocycles. The summed E-state index contributed by atoms with van der Waals surface area (Å²) in [5, 5.41) is 1.10. The summed E-state index contributed by atoms with van der Waals surface area (Å²) in [6.07, 6.45) is 1.40. The van der Waals surface area contributed by atoms with Crippen molar-refractivity contribution in [2.75, 3.05) is 26.2 Å². The molecule has 5 nitrogen and oxygen atoms in total. The number of morpholine rings is 1. The lowest BCUT2D eigenvalue weighted by atomic mass is 10.1. The highest BCUT2D eigenvalue weighted by molar-refractivity contribution is 7.11. The Labute approximate surface area is 188 Å². The van der Waals surface area contributed by atoms with Crippen molar-refractivity contribution in [3.63, 3.8) is 0 Å². The number of fused-ring (bicyclic) bond motifs is 1. The summed E-state index contributed by atoms with van der Waals surface area (Å²) in [5.41, 5.74) is 2.10. The summed E-state index contributed by atoms with van der Waals surface area (Å²) in [4.78, 5) is 24.8. The van der Waals surface area contributed by atoms with Crippen LogP contribution in [-0.2, 0) is 22.6 Å². The summed E-state index contributed by atoms with van der Waals surface area (Å²) in [7, 11) is 0. The van der Waals surface area contributed by atoms with Gasteiger partial charge in [0.25, 0.3) is 5.91 Å². The van der Waals surface area contributed by atoms with Crippen LogP contribution < -0.4 is 0 Å². The first-order valence-corrected chi connectivity index (χ1v) is 11.8. The summed E-state index contributed by atoms with van der Waals surface area (Å²) < 4.78 is 5.94. The minimum Gasteiger partial charge on any atom is -0.366 e. The van der Waals surface area contributed by atoms with Crippen LogP contribution in [0.25, 0.3) is 10.9 Å². The highest BCUT2D eigenvalue weighted by Gasteiger charge is 2.31. The largest absolute Gasteiger partial charge is 0.366 e. The van der Waals surface area contributed by atoms with Crippen molar-refractivity contribution >= 4 is 28.1 Å². The van der Waals surface area contributed by atoms with Gasteiger partial charge in [-0.25, -0.2) is 0 Å². The molecule has 1 aliphatic rings. The third-order valence-electron chi connectivity index (χ3n) is 5.54. The third kappa shape index (κ3) is 5.70. The van der Waals surface area contributed by atoms with Gasteiger partial charge in [0.2, 0.25) is 0 Å². The number of rotatable bonds is 7. The molecule has 164 valence electrons. The Kier molecular flexibility index (Phi) is 7.00. The van der Waals surface area contributed by atoms with Crippen LogP contribution in [-0.4, -0.2) is 53.0 Å². The second-order valence-corrected chi connectivity index (χ2v) is 10.1. The number of ether oxygens (including phenoxy) is 1. The first-order chi connectivity index (χ1) is 15.0. The maximum absolute atomic E-state index is 13.5. The van der Waals surface area contributed by atoms with E-state index in [1.807, 2.05) is 28.4 Å². The fourth-order valence-electron chi connectivity index (χ4n) is 4.11. The number of nitrogens with zero attached hydrogens (tertiary/aromatic N) is 3. The molecule has 2 aromatic heterocycles. The van der Waals surface area contributed by atoms with Crippen LogP contribution >= 0.6 is 11.3 Å². The van der Waals surface area contributed by atoms with E-state index in [1.54, 1.807) is 6.20 Å². The van der Waals surface area contributed by atoms with Gasteiger partial charge in [-0.05, 0) is 48.7 Å². The summed E-state index contributed by atoms with van der Waals surface area (Å²) >= 11 is 1.83. The molecule has 6 heteroatoms. The number of aryl methyl sites for hydroxylation is 1. The topological polar surface area (TPSA) is 45.7 Å². The van der Waals surface area contributed by atoms with Crippen molar-refractivity contribution in [2.45, 2.75) is 40.0 Å². The van der Waals surface area contributed by atoms with E-state index in [0.29, 0.717) is 32.2 Å². The Morgan fingerprint density at radius 3 is 2.94 bits per heavy atom. The molecule has 3 aromatic rings. The van der Waals surface area contributed by atoms with Gasteiger partial charge >= 0.3 is 0 Å². The molecule has 0 bridgehead atoms. The predicted octanol–water partition coefficient (Wildman–Crippen LogP) is 4.49. The van der Waals surface area contributed by atoms with Crippen LogP contribution in [0.2, 0.25) is 0 Å². The standard InChI is InChI=1S/C25H31N3O2S/c1-18(2)14-28(15-20-7-9-23-21(13-20)5-4-10-26-23)25(29)24-17-27(11-12-30-24)16-22-8-6-19(3)31-22/h4-10,13,18,24H,11-12,14-17H2,1-3H3. The van der Waals surface area contributed by atoms with Gasteiger partial charge in [0.05, 0.1) is 12.1 Å². The summed E-state index contributed by atoms with van der Waals surface area (Å²) in [6.45, 7) is 10.7. The zero-order chi connectivity index (χ0) is 21.8. The van der Waals surface area contributed by atoms with Gasteiger partial charge in [-0.3, -0.25) is 14.7 Å². The van der Waals surface area contributed by atoms with Gasteiger partial charge in [0.15, 0.2) is 0 Å². The van der Waals surface area contributed by atoms with Crippen molar-refractivity contribution in [3.8, 4) is 0 Å². The monoisotopic (exact) mass is 437 g/mol. The summed E-state index contributed by atoms with van der Waals surface area (Å²) in [6, 6.07) is 14.6. The molecule has 1 fully saturated rings. The molecule has 0 aliphatic carbocycles. The van der Waals surface area contributed by atoms with E-state index in [1.165, 1.54) is 9.75 Å². The number of carbonyl (C=O) groups excluding carboxylic acids is 1. The number of aromatic nitrogens is 1. The average molecular weight is 438 g/mol. The lowest BCUT2D eigenvalue weighted by molar-refractivity contribution is -0.151. The van der Waals surface area contributed by atoms with Gasteiger partial charge in [-0.15, -0.1) is 11.3 Å². The van der Waals surface area contributed by atoms with Crippen molar-refractivity contribution in [2.24, 2.45) is 5.92 Å². The smallest absolute Gasteiger partial charge is 0.253 e. The maximum Gasteiger partial charge on any atom is 0.253 e. The zero-order valence-electron chi connectivity index (χ0n) is 18.6. The molecular weight excluding hydrogens is 406 g/mol. The lowest BCUT2D eigenvalue weighted by Crippen LogP contribution is -2.51. The first kappa shape index (κ1) is 21.9. The van der Waals surface area contributed by atoms with E-state index in [0.717, 1.165) is 29.6 Å². The zero-order valence-corrected chi connectivity index (χ0v) is 19.4. The number of hydrogen-bond donors (Lipinski definition) is 0. The van der Waals surface area contributed by atoms with E-state index in [4.69, 9.17) is 4.74 Å². The van der Waals surface area contributed by atoms with Crippen LogP contribution in [0.3, 0.4) is 0 Å². The number of amides is 1. The Hall–Kier alpha value is -2.28. The molecule has 31 heavy (non-hydrogen) atoms. The van der Waals surface area contributed by atoms with Crippen LogP contribution in [0.5, 0.6) is 0 Å². The van der Waals surface area contributed by atoms with Gasteiger partial charge in [0, 0.05) is 54.1 Å². The number of hydrogen-bond acceptors (Lipinski definition) is 5. The molecule has 0 spiro atoms. The van der Waals surface area contributed by atoms with Gasteiger partial charge in [0.1, 0.15) is 6.10 Å². The quantitative estimate of drug-likeness (QED) is 0.546. The Balaban J connectivity index is 1.46. The van der Waals surface area contributed by atoms with Crippen molar-refractivity contribution in [1.82, 2.24) is 14.8 Å². The highest BCUT2D eigenvalue weighted by Crippen LogP contribution is 2.21. The molecule has 3 heterocycles. The highest BCUT2D eigenvalue weighted by atomic mass is 32.1. The molecule has 1 amide bonds. The fraction of sp³-hybridized carbons (Fsp3) is 0.440. The van der Waals surface area contributed by atoms with Crippen LogP contribution in [0.4, 0.5) is 0 Å². The number of pyridine rings is 1. The first-order valence-electron chi connectivity index (χ1n) is 11.0. The molecule has 0 N–H and O–H groups in total. The van der Waals surface area contributed by atoms with E-state index in [2.05, 4.69) is 61.0 Å². The normalized spacial score (nSPS) is 17.4. The Morgan fingerprint density at radius 1 is 1.29 bits per heavy atom. The minimum absolute atomic E-state index is 0.0899. The van der Waals surface area contributed by atoms with E-state index in [9.17, 15) is 4.79 Å². The SMILES string of the molecule is Cc1ccc(CN2CCOC(C(=O)N(Cc3ccc4ncccc4c3)CC(C)C)C2)s1. The minimum atomic E-state index is -0.407. The van der Waals surface area contributed by atoms with Gasteiger partial charge < -0.3 is 9.64 Å². The van der Waals surface area contributed by atoms with Gasteiger partial charge in [-0.1, -0.05) is 26.0 Å². The van der Waals surface area contributed by atoms with Gasteiger partial charge in [-0.2, -0.15) is 0 Å². The van der Waals surface area contributed by atoms with E-state index >= 15 is 0 Å². The third-order valence-corrected chi connectivity index (χ3v) is 6.52. The fourth-order valence-corrected chi connectivity index (χ4v) is 5.04. The van der Waals surface area contributed by atoms with Crippen LogP contribution in [0.15, 0.2) is 48.7 Å².